The number of ether oxygens (including phenoxy) is 1. The van der Waals surface area contributed by atoms with E-state index < -0.39 is 5.60 Å². The van der Waals surface area contributed by atoms with Gasteiger partial charge in [0.15, 0.2) is 0 Å². The van der Waals surface area contributed by atoms with Crippen molar-refractivity contribution in [3.05, 3.63) is 0 Å². The van der Waals surface area contributed by atoms with Gasteiger partial charge in [-0.2, -0.15) is 0 Å². The molecule has 2 N–H and O–H groups in total. The molecule has 1 rings (SSSR count). The fraction of sp³-hybridized carbons (Fsp3) is 1.00. The summed E-state index contributed by atoms with van der Waals surface area (Å²) in [5.74, 6) is 0. The topological polar surface area (TPSA) is 41.5 Å². The van der Waals surface area contributed by atoms with Crippen LogP contribution in [0.5, 0.6) is 0 Å². The molecule has 1 aliphatic heterocycles. The molecule has 0 bridgehead atoms. The Morgan fingerprint density at radius 2 is 2.21 bits per heavy atom. The van der Waals surface area contributed by atoms with E-state index in [1.54, 1.807) is 0 Å². The molecule has 0 aromatic heterocycles. The Balaban J connectivity index is 2.22. The standard InChI is InChI=1S/C11H23NO2/c1-3-11(2,13)9-12-10-5-4-7-14-8-6-10/h10,12-13H,3-9H2,1-2H3. The third kappa shape index (κ3) is 4.40. The van der Waals surface area contributed by atoms with Gasteiger partial charge in [-0.05, 0) is 32.6 Å². The molecule has 2 unspecified atom stereocenters. The average Bonchev–Trinajstić information content (AvgIpc) is 2.43. The third-order valence-electron chi connectivity index (χ3n) is 2.99. The van der Waals surface area contributed by atoms with Gasteiger partial charge in [0.1, 0.15) is 0 Å². The zero-order valence-electron chi connectivity index (χ0n) is 9.38. The summed E-state index contributed by atoms with van der Waals surface area (Å²) in [6, 6.07) is 0.524. The molecule has 1 aliphatic rings. The van der Waals surface area contributed by atoms with Crippen molar-refractivity contribution in [2.24, 2.45) is 0 Å². The average molecular weight is 201 g/mol. The molecule has 0 saturated carbocycles. The maximum atomic E-state index is 9.83. The lowest BCUT2D eigenvalue weighted by Gasteiger charge is -2.25. The Morgan fingerprint density at radius 3 is 2.93 bits per heavy atom. The summed E-state index contributed by atoms with van der Waals surface area (Å²) < 4.78 is 5.38. The molecular formula is C11H23NO2. The molecule has 1 fully saturated rings. The number of hydrogen-bond donors (Lipinski definition) is 2. The van der Waals surface area contributed by atoms with Gasteiger partial charge in [-0.15, -0.1) is 0 Å². The van der Waals surface area contributed by atoms with Gasteiger partial charge in [0, 0.05) is 25.8 Å². The van der Waals surface area contributed by atoms with Gasteiger partial charge in [0.05, 0.1) is 5.60 Å². The molecule has 0 aromatic rings. The lowest BCUT2D eigenvalue weighted by atomic mass is 10.0. The monoisotopic (exact) mass is 201 g/mol. The third-order valence-corrected chi connectivity index (χ3v) is 2.99. The summed E-state index contributed by atoms with van der Waals surface area (Å²) in [5, 5.41) is 13.3. The Labute approximate surface area is 86.8 Å². The Kier molecular flexibility index (Phi) is 4.85. The van der Waals surface area contributed by atoms with Crippen molar-refractivity contribution in [2.75, 3.05) is 19.8 Å². The van der Waals surface area contributed by atoms with E-state index in [0.717, 1.165) is 32.5 Å². The second kappa shape index (κ2) is 5.69. The van der Waals surface area contributed by atoms with Gasteiger partial charge >= 0.3 is 0 Å². The van der Waals surface area contributed by atoms with Gasteiger partial charge in [-0.3, -0.25) is 0 Å². The van der Waals surface area contributed by atoms with Crippen LogP contribution in [0.4, 0.5) is 0 Å². The van der Waals surface area contributed by atoms with Gasteiger partial charge in [0.2, 0.25) is 0 Å². The van der Waals surface area contributed by atoms with Crippen molar-refractivity contribution < 1.29 is 9.84 Å². The first kappa shape index (κ1) is 12.0. The zero-order valence-corrected chi connectivity index (χ0v) is 9.38. The molecule has 1 saturated heterocycles. The van der Waals surface area contributed by atoms with E-state index in [1.807, 2.05) is 13.8 Å². The van der Waals surface area contributed by atoms with Crippen LogP contribution in [-0.2, 0) is 4.74 Å². The maximum Gasteiger partial charge on any atom is 0.0741 e. The van der Waals surface area contributed by atoms with Crippen molar-refractivity contribution in [1.29, 1.82) is 0 Å². The number of nitrogens with one attached hydrogen (secondary N) is 1. The van der Waals surface area contributed by atoms with E-state index in [2.05, 4.69) is 5.32 Å². The van der Waals surface area contributed by atoms with E-state index in [1.165, 1.54) is 6.42 Å². The number of aliphatic hydroxyl groups is 1. The zero-order chi connectivity index (χ0) is 10.4. The van der Waals surface area contributed by atoms with Crippen LogP contribution in [0.3, 0.4) is 0 Å². The van der Waals surface area contributed by atoms with Gasteiger partial charge in [-0.25, -0.2) is 0 Å². The quantitative estimate of drug-likeness (QED) is 0.720. The van der Waals surface area contributed by atoms with E-state index in [0.29, 0.717) is 12.6 Å². The molecule has 3 nitrogen and oxygen atoms in total. The minimum absolute atomic E-state index is 0.524. The molecule has 1 heterocycles. The van der Waals surface area contributed by atoms with Gasteiger partial charge in [0.25, 0.3) is 0 Å². The summed E-state index contributed by atoms with van der Waals surface area (Å²) in [6.45, 7) is 6.33. The summed E-state index contributed by atoms with van der Waals surface area (Å²) in [5.41, 5.74) is -0.562. The van der Waals surface area contributed by atoms with Crippen LogP contribution in [0.1, 0.15) is 39.5 Å². The molecular weight excluding hydrogens is 178 g/mol. The Morgan fingerprint density at radius 1 is 1.43 bits per heavy atom. The molecule has 2 atom stereocenters. The minimum Gasteiger partial charge on any atom is -0.389 e. The molecule has 0 spiro atoms. The predicted octanol–water partition coefficient (Wildman–Crippen LogP) is 1.31. The number of hydrogen-bond acceptors (Lipinski definition) is 3. The highest BCUT2D eigenvalue weighted by Crippen LogP contribution is 2.11. The van der Waals surface area contributed by atoms with E-state index in [9.17, 15) is 5.11 Å². The van der Waals surface area contributed by atoms with Crippen molar-refractivity contribution >= 4 is 0 Å². The van der Waals surface area contributed by atoms with Crippen molar-refractivity contribution in [2.45, 2.75) is 51.2 Å². The Hall–Kier alpha value is -0.120. The minimum atomic E-state index is -0.562. The molecule has 14 heavy (non-hydrogen) atoms. The van der Waals surface area contributed by atoms with Crippen molar-refractivity contribution in [1.82, 2.24) is 5.32 Å². The van der Waals surface area contributed by atoms with Crippen LogP contribution < -0.4 is 5.32 Å². The molecule has 0 amide bonds. The SMILES string of the molecule is CCC(C)(O)CNC1CCCOCC1. The summed E-state index contributed by atoms with van der Waals surface area (Å²) in [7, 11) is 0. The maximum absolute atomic E-state index is 9.83. The summed E-state index contributed by atoms with van der Waals surface area (Å²) in [4.78, 5) is 0. The predicted molar refractivity (Wildman–Crippen MR) is 57.4 cm³/mol. The highest BCUT2D eigenvalue weighted by molar-refractivity contribution is 4.77. The van der Waals surface area contributed by atoms with E-state index >= 15 is 0 Å². The van der Waals surface area contributed by atoms with E-state index in [-0.39, 0.29) is 0 Å². The first-order valence-corrected chi connectivity index (χ1v) is 5.67. The fourth-order valence-electron chi connectivity index (χ4n) is 1.60. The second-order valence-electron chi connectivity index (χ2n) is 4.47. The van der Waals surface area contributed by atoms with Gasteiger partial charge < -0.3 is 15.2 Å². The highest BCUT2D eigenvalue weighted by atomic mass is 16.5. The normalized spacial score (nSPS) is 28.1. The lowest BCUT2D eigenvalue weighted by molar-refractivity contribution is 0.0518. The van der Waals surface area contributed by atoms with Gasteiger partial charge in [-0.1, -0.05) is 6.92 Å². The number of rotatable bonds is 4. The molecule has 0 radical (unpaired) electrons. The largest absolute Gasteiger partial charge is 0.389 e. The van der Waals surface area contributed by atoms with Crippen molar-refractivity contribution in [3.8, 4) is 0 Å². The van der Waals surface area contributed by atoms with Crippen LogP contribution in [0.15, 0.2) is 0 Å². The summed E-state index contributed by atoms with van der Waals surface area (Å²) in [6.07, 6.45) is 4.16. The first-order valence-electron chi connectivity index (χ1n) is 5.67. The molecule has 84 valence electrons. The van der Waals surface area contributed by atoms with E-state index in [4.69, 9.17) is 4.74 Å². The molecule has 0 aliphatic carbocycles. The van der Waals surface area contributed by atoms with Crippen molar-refractivity contribution in [3.63, 3.8) is 0 Å². The van der Waals surface area contributed by atoms with Crippen LogP contribution in [-0.4, -0.2) is 36.5 Å². The molecule has 0 aromatic carbocycles. The highest BCUT2D eigenvalue weighted by Gasteiger charge is 2.20. The first-order chi connectivity index (χ1) is 6.64. The molecule has 3 heteroatoms. The van der Waals surface area contributed by atoms with Crippen LogP contribution in [0, 0.1) is 0 Å². The van der Waals surface area contributed by atoms with Crippen LogP contribution in [0.25, 0.3) is 0 Å². The Bertz CT molecular complexity index is 151. The smallest absolute Gasteiger partial charge is 0.0741 e. The fourth-order valence-corrected chi connectivity index (χ4v) is 1.60. The second-order valence-corrected chi connectivity index (χ2v) is 4.47. The summed E-state index contributed by atoms with van der Waals surface area (Å²) >= 11 is 0. The van der Waals surface area contributed by atoms with Crippen LogP contribution >= 0.6 is 0 Å². The van der Waals surface area contributed by atoms with Crippen LogP contribution in [0.2, 0.25) is 0 Å². The lowest BCUT2D eigenvalue weighted by Crippen LogP contribution is -2.42.